The van der Waals surface area contributed by atoms with Crippen LogP contribution in [0.1, 0.15) is 290 Å². The molecule has 6 heteroatoms. The molecule has 6 nitrogen and oxygen atoms in total. The predicted octanol–water partition coefficient (Wildman–Crippen LogP) is 23.7. The molecule has 0 radical (unpaired) electrons. The van der Waals surface area contributed by atoms with Gasteiger partial charge in [-0.15, -0.1) is 0 Å². The smallest absolute Gasteiger partial charge is 0.306 e. The standard InChI is InChI=1S/C77H124O6/c1-4-7-10-13-16-19-21-23-25-27-29-31-33-34-35-36-37-38-39-40-41-42-44-45-47-49-51-53-55-58-61-64-67-70-76(79)82-73-74(72-81-75(78)69-66-63-60-57-18-15-12-9-6-3)83-77(80)71-68-65-62-59-56-54-52-50-48-46-43-32-30-28-26-24-22-20-17-14-11-8-5-2/h7-8,10-11,16-17,19-20,23-26,29-32,34-35,37-38,40-41,44-46,48,74H,4-6,9,12-15,18,21-22,27-28,33,36,39,42-43,47,49-73H2,1-3H3/b10-7-,11-8-,19-16-,20-17-,25-23-,26-24-,31-29-,32-30-,35-34-,38-37-,41-40-,45-44-,48-46-. The van der Waals surface area contributed by atoms with Crippen molar-refractivity contribution in [2.45, 2.75) is 297 Å². The van der Waals surface area contributed by atoms with E-state index in [1.165, 1.54) is 96.3 Å². The fraction of sp³-hybridized carbons (Fsp3) is 0.623. The van der Waals surface area contributed by atoms with Crippen molar-refractivity contribution in [3.8, 4) is 0 Å². The van der Waals surface area contributed by atoms with Gasteiger partial charge in [-0.1, -0.05) is 301 Å². The van der Waals surface area contributed by atoms with Gasteiger partial charge in [0.25, 0.3) is 0 Å². The molecule has 0 amide bonds. The molecular formula is C77H124O6. The number of carbonyl (C=O) groups excluding carboxylic acids is 3. The van der Waals surface area contributed by atoms with Crippen LogP contribution in [0.4, 0.5) is 0 Å². The largest absolute Gasteiger partial charge is 0.462 e. The minimum Gasteiger partial charge on any atom is -0.462 e. The van der Waals surface area contributed by atoms with E-state index in [0.717, 1.165) is 154 Å². The molecule has 0 rings (SSSR count). The summed E-state index contributed by atoms with van der Waals surface area (Å²) in [5, 5.41) is 0. The molecule has 0 bridgehead atoms. The molecule has 0 aliphatic rings. The van der Waals surface area contributed by atoms with E-state index in [1.54, 1.807) is 0 Å². The number of esters is 3. The van der Waals surface area contributed by atoms with Crippen LogP contribution in [0, 0.1) is 0 Å². The zero-order chi connectivity index (χ0) is 59.9. The van der Waals surface area contributed by atoms with Crippen molar-refractivity contribution in [1.29, 1.82) is 0 Å². The number of hydrogen-bond acceptors (Lipinski definition) is 6. The molecule has 83 heavy (non-hydrogen) atoms. The lowest BCUT2D eigenvalue weighted by atomic mass is 10.1. The van der Waals surface area contributed by atoms with Crippen LogP contribution in [0.2, 0.25) is 0 Å². The summed E-state index contributed by atoms with van der Waals surface area (Å²) in [6.07, 6.45) is 101. The molecule has 468 valence electrons. The van der Waals surface area contributed by atoms with Crippen LogP contribution in [0.3, 0.4) is 0 Å². The molecule has 1 atom stereocenters. The molecule has 0 N–H and O–H groups in total. The van der Waals surface area contributed by atoms with Gasteiger partial charge in [0.05, 0.1) is 0 Å². The zero-order valence-corrected chi connectivity index (χ0v) is 53.7. The van der Waals surface area contributed by atoms with Crippen molar-refractivity contribution >= 4 is 17.9 Å². The molecule has 0 aliphatic heterocycles. The van der Waals surface area contributed by atoms with Crippen LogP contribution >= 0.6 is 0 Å². The number of rotatable bonds is 60. The molecular weight excluding hydrogens is 1020 g/mol. The minimum absolute atomic E-state index is 0.0884. The average Bonchev–Trinajstić information content (AvgIpc) is 3.49. The van der Waals surface area contributed by atoms with Gasteiger partial charge in [0.1, 0.15) is 13.2 Å². The third-order valence-electron chi connectivity index (χ3n) is 14.0. The lowest BCUT2D eigenvalue weighted by Crippen LogP contribution is -2.30. The summed E-state index contributed by atoms with van der Waals surface area (Å²) in [6, 6.07) is 0. The Balaban J connectivity index is 4.25. The first-order valence-electron chi connectivity index (χ1n) is 34.0. The summed E-state index contributed by atoms with van der Waals surface area (Å²) in [7, 11) is 0. The van der Waals surface area contributed by atoms with Gasteiger partial charge < -0.3 is 14.2 Å². The number of carbonyl (C=O) groups is 3. The summed E-state index contributed by atoms with van der Waals surface area (Å²) in [6.45, 7) is 6.38. The van der Waals surface area contributed by atoms with E-state index in [2.05, 4.69) is 179 Å². The van der Waals surface area contributed by atoms with Gasteiger partial charge in [-0.25, -0.2) is 0 Å². The molecule has 0 saturated carbocycles. The summed E-state index contributed by atoms with van der Waals surface area (Å²) in [4.78, 5) is 38.3. The van der Waals surface area contributed by atoms with Gasteiger partial charge in [-0.3, -0.25) is 14.4 Å². The van der Waals surface area contributed by atoms with Crippen LogP contribution < -0.4 is 0 Å². The Labute approximate surface area is 511 Å². The van der Waals surface area contributed by atoms with Gasteiger partial charge >= 0.3 is 17.9 Å². The topological polar surface area (TPSA) is 78.9 Å². The Morgan fingerprint density at radius 3 is 0.735 bits per heavy atom. The van der Waals surface area contributed by atoms with Crippen LogP contribution in [-0.4, -0.2) is 37.2 Å². The van der Waals surface area contributed by atoms with Crippen LogP contribution in [0.5, 0.6) is 0 Å². The number of allylic oxidation sites excluding steroid dienone is 26. The first kappa shape index (κ1) is 78.0. The molecule has 0 aliphatic carbocycles. The van der Waals surface area contributed by atoms with Crippen molar-refractivity contribution in [3.05, 3.63) is 158 Å². The van der Waals surface area contributed by atoms with Crippen molar-refractivity contribution < 1.29 is 28.6 Å². The zero-order valence-electron chi connectivity index (χ0n) is 53.7. The highest BCUT2D eigenvalue weighted by Gasteiger charge is 2.19. The van der Waals surface area contributed by atoms with E-state index in [4.69, 9.17) is 14.2 Å². The van der Waals surface area contributed by atoms with Crippen LogP contribution in [0.25, 0.3) is 0 Å². The summed E-state index contributed by atoms with van der Waals surface area (Å²) >= 11 is 0. The maximum Gasteiger partial charge on any atom is 0.306 e. The van der Waals surface area contributed by atoms with Gasteiger partial charge in [0.15, 0.2) is 6.10 Å². The van der Waals surface area contributed by atoms with Gasteiger partial charge in [0.2, 0.25) is 0 Å². The highest BCUT2D eigenvalue weighted by Crippen LogP contribution is 2.15. The van der Waals surface area contributed by atoms with Crippen LogP contribution in [0.15, 0.2) is 158 Å². The average molecular weight is 1150 g/mol. The Kier molecular flexibility index (Phi) is 65.4. The van der Waals surface area contributed by atoms with Gasteiger partial charge in [0, 0.05) is 19.3 Å². The number of unbranched alkanes of at least 4 members (excludes halogenated alkanes) is 23. The predicted molar refractivity (Wildman–Crippen MR) is 362 cm³/mol. The Bertz CT molecular complexity index is 1840. The minimum atomic E-state index is -0.793. The van der Waals surface area contributed by atoms with E-state index in [-0.39, 0.29) is 31.1 Å². The Morgan fingerprint density at radius 2 is 0.470 bits per heavy atom. The molecule has 0 aromatic rings. The first-order chi connectivity index (χ1) is 41.0. The van der Waals surface area contributed by atoms with Crippen molar-refractivity contribution in [2.75, 3.05) is 13.2 Å². The summed E-state index contributed by atoms with van der Waals surface area (Å²) in [5.41, 5.74) is 0. The van der Waals surface area contributed by atoms with Crippen molar-refractivity contribution in [2.24, 2.45) is 0 Å². The van der Waals surface area contributed by atoms with E-state index in [9.17, 15) is 14.4 Å². The van der Waals surface area contributed by atoms with E-state index >= 15 is 0 Å². The van der Waals surface area contributed by atoms with Crippen molar-refractivity contribution in [3.63, 3.8) is 0 Å². The third-order valence-corrected chi connectivity index (χ3v) is 14.0. The maximum atomic E-state index is 12.9. The molecule has 0 heterocycles. The molecule has 1 unspecified atom stereocenters. The first-order valence-corrected chi connectivity index (χ1v) is 34.0. The quantitative estimate of drug-likeness (QED) is 0.0261. The molecule has 0 spiro atoms. The summed E-state index contributed by atoms with van der Waals surface area (Å²) in [5.74, 6) is -0.910. The highest BCUT2D eigenvalue weighted by atomic mass is 16.6. The Hall–Kier alpha value is -4.97. The van der Waals surface area contributed by atoms with Crippen molar-refractivity contribution in [1.82, 2.24) is 0 Å². The monoisotopic (exact) mass is 1140 g/mol. The lowest BCUT2D eigenvalue weighted by molar-refractivity contribution is -0.167. The fourth-order valence-electron chi connectivity index (χ4n) is 9.01. The lowest BCUT2D eigenvalue weighted by Gasteiger charge is -2.18. The van der Waals surface area contributed by atoms with E-state index < -0.39 is 6.10 Å². The Morgan fingerprint density at radius 1 is 0.253 bits per heavy atom. The molecule has 0 saturated heterocycles. The molecule has 0 aromatic heterocycles. The highest BCUT2D eigenvalue weighted by molar-refractivity contribution is 5.71. The fourth-order valence-corrected chi connectivity index (χ4v) is 9.01. The maximum absolute atomic E-state index is 12.9. The molecule has 0 fully saturated rings. The molecule has 0 aromatic carbocycles. The second-order valence-corrected chi connectivity index (χ2v) is 22.0. The van der Waals surface area contributed by atoms with Gasteiger partial charge in [-0.2, -0.15) is 0 Å². The van der Waals surface area contributed by atoms with Crippen LogP contribution in [-0.2, 0) is 28.6 Å². The van der Waals surface area contributed by atoms with E-state index in [0.29, 0.717) is 19.3 Å². The number of hydrogen-bond donors (Lipinski definition) is 0. The van der Waals surface area contributed by atoms with Gasteiger partial charge in [-0.05, 0) is 128 Å². The third kappa shape index (κ3) is 67.7. The number of ether oxygens (including phenoxy) is 3. The summed E-state index contributed by atoms with van der Waals surface area (Å²) < 4.78 is 16.9. The second-order valence-electron chi connectivity index (χ2n) is 22.0. The SMILES string of the molecule is CC/C=C\C/C=C\C/C=C\C/C=C\C/C=C\C/C=C\C/C=C\C/C=C\CCCCCCCCCCC(=O)OCC(COC(=O)CCCCCCCCCCC)OC(=O)CCCCCCCCC/C=C\C/C=C\C/C=C\C/C=C\C/C=C\CC. The normalized spacial score (nSPS) is 13.1. The second kappa shape index (κ2) is 69.5. The van der Waals surface area contributed by atoms with E-state index in [1.807, 2.05) is 0 Å².